The van der Waals surface area contributed by atoms with Gasteiger partial charge in [-0.3, -0.25) is 0 Å². The minimum absolute atomic E-state index is 0.337. The van der Waals surface area contributed by atoms with Crippen LogP contribution in [0.15, 0.2) is 0 Å². The minimum Gasteiger partial charge on any atom is -0.421 e. The van der Waals surface area contributed by atoms with Gasteiger partial charge in [0.15, 0.2) is 9.76 Å². The van der Waals surface area contributed by atoms with Crippen molar-refractivity contribution in [3.05, 3.63) is 0 Å². The van der Waals surface area contributed by atoms with E-state index >= 15 is 0 Å². The van der Waals surface area contributed by atoms with E-state index in [1.165, 1.54) is 110 Å². The fourth-order valence-corrected chi connectivity index (χ4v) is 7.60. The lowest BCUT2D eigenvalue weighted by atomic mass is 9.82. The van der Waals surface area contributed by atoms with Crippen LogP contribution in [0.2, 0.25) is 6.04 Å². The van der Waals surface area contributed by atoms with E-state index in [1.807, 2.05) is 0 Å². The van der Waals surface area contributed by atoms with Crippen LogP contribution in [0.25, 0.3) is 0 Å². The third-order valence-corrected chi connectivity index (χ3v) is 8.38. The number of hydrogen-bond donors (Lipinski definition) is 0. The second-order valence-corrected chi connectivity index (χ2v) is 12.2. The largest absolute Gasteiger partial charge is 0.421 e. The molecule has 0 unspecified atom stereocenters. The van der Waals surface area contributed by atoms with Gasteiger partial charge in [0.1, 0.15) is 0 Å². The van der Waals surface area contributed by atoms with Crippen molar-refractivity contribution >= 4 is 9.76 Å². The molecule has 0 radical (unpaired) electrons. The van der Waals surface area contributed by atoms with Crippen molar-refractivity contribution in [3.63, 3.8) is 0 Å². The predicted octanol–water partition coefficient (Wildman–Crippen LogP) is 6.44. The summed E-state index contributed by atoms with van der Waals surface area (Å²) in [6.07, 6.45) is 11.7. The zero-order chi connectivity index (χ0) is 25.7. The SMILES string of the molecule is CCCN(CCC)CC(CC[SiH2]OC(CC)CC)(CN(CCC)CCC)CN(CCC)CCC. The van der Waals surface area contributed by atoms with Gasteiger partial charge in [-0.2, -0.15) is 0 Å². The van der Waals surface area contributed by atoms with Gasteiger partial charge >= 0.3 is 0 Å². The van der Waals surface area contributed by atoms with Gasteiger partial charge in [-0.25, -0.2) is 0 Å². The zero-order valence-corrected chi connectivity index (χ0v) is 26.4. The van der Waals surface area contributed by atoms with Crippen molar-refractivity contribution in [2.24, 2.45) is 5.41 Å². The Morgan fingerprint density at radius 1 is 0.559 bits per heavy atom. The molecule has 0 spiro atoms. The monoisotopic (exact) mass is 499 g/mol. The van der Waals surface area contributed by atoms with Crippen LogP contribution in [-0.2, 0) is 4.43 Å². The maximum absolute atomic E-state index is 6.43. The molecule has 0 bridgehead atoms. The molecule has 5 heteroatoms. The summed E-state index contributed by atoms with van der Waals surface area (Å²) in [7, 11) is -0.464. The Morgan fingerprint density at radius 2 is 0.882 bits per heavy atom. The number of nitrogens with zero attached hydrogens (tertiary/aromatic N) is 3. The van der Waals surface area contributed by atoms with Gasteiger partial charge in [-0.05, 0) is 103 Å². The van der Waals surface area contributed by atoms with Gasteiger partial charge in [0.25, 0.3) is 0 Å². The van der Waals surface area contributed by atoms with Crippen molar-refractivity contribution in [2.75, 3.05) is 58.9 Å². The van der Waals surface area contributed by atoms with Crippen LogP contribution >= 0.6 is 0 Å². The van der Waals surface area contributed by atoms with Crippen molar-refractivity contribution in [1.29, 1.82) is 0 Å². The van der Waals surface area contributed by atoms with E-state index in [9.17, 15) is 0 Å². The number of rotatable bonds is 25. The average molecular weight is 500 g/mol. The Labute approximate surface area is 218 Å². The second-order valence-electron chi connectivity index (χ2n) is 10.7. The summed E-state index contributed by atoms with van der Waals surface area (Å²) >= 11 is 0. The molecule has 0 N–H and O–H groups in total. The molecule has 0 aromatic rings. The van der Waals surface area contributed by atoms with E-state index in [-0.39, 0.29) is 0 Å². The molecule has 0 aliphatic carbocycles. The van der Waals surface area contributed by atoms with Crippen LogP contribution in [0, 0.1) is 5.41 Å². The molecule has 0 fully saturated rings. The quantitative estimate of drug-likeness (QED) is 0.106. The summed E-state index contributed by atoms with van der Waals surface area (Å²) in [5, 5.41) is 0. The summed E-state index contributed by atoms with van der Waals surface area (Å²) in [5.74, 6) is 0. The van der Waals surface area contributed by atoms with Crippen molar-refractivity contribution < 1.29 is 4.43 Å². The predicted molar refractivity (Wildman–Crippen MR) is 157 cm³/mol. The second kappa shape index (κ2) is 22.3. The molecule has 0 saturated heterocycles. The standard InChI is InChI=1S/C29H65N3OSi/c1-9-18-30(19-10-2)25-29(26-31(20-11-3)21-12-4,27-32(22-13-5)23-14-6)17-24-34-33-28(15-7)16-8/h28H,9-27,34H2,1-8H3. The average Bonchev–Trinajstić information content (AvgIpc) is 2.80. The van der Waals surface area contributed by atoms with Crippen molar-refractivity contribution in [1.82, 2.24) is 14.7 Å². The van der Waals surface area contributed by atoms with Crippen LogP contribution in [-0.4, -0.2) is 89.5 Å². The highest BCUT2D eigenvalue weighted by Crippen LogP contribution is 2.30. The molecular formula is C29H65N3OSi. The molecule has 34 heavy (non-hydrogen) atoms. The Kier molecular flexibility index (Phi) is 22.3. The van der Waals surface area contributed by atoms with Crippen molar-refractivity contribution in [2.45, 2.75) is 125 Å². The van der Waals surface area contributed by atoms with E-state index in [2.05, 4.69) is 70.1 Å². The maximum Gasteiger partial charge on any atom is 0.161 e. The highest BCUT2D eigenvalue weighted by molar-refractivity contribution is 6.27. The minimum atomic E-state index is -0.464. The summed E-state index contributed by atoms with van der Waals surface area (Å²) in [6, 6.07) is 1.32. The lowest BCUT2D eigenvalue weighted by Crippen LogP contribution is -2.52. The van der Waals surface area contributed by atoms with E-state index in [1.54, 1.807) is 0 Å². The molecule has 0 atom stereocenters. The molecule has 0 aliphatic rings. The molecule has 0 aromatic heterocycles. The third kappa shape index (κ3) is 15.2. The van der Waals surface area contributed by atoms with Crippen LogP contribution in [0.1, 0.15) is 113 Å². The summed E-state index contributed by atoms with van der Waals surface area (Å²) in [6.45, 7) is 29.8. The molecule has 206 valence electrons. The smallest absolute Gasteiger partial charge is 0.161 e. The normalized spacial score (nSPS) is 13.1. The summed E-state index contributed by atoms with van der Waals surface area (Å²) in [5.41, 5.74) is 0.337. The fourth-order valence-electron chi connectivity index (χ4n) is 5.74. The van der Waals surface area contributed by atoms with Gasteiger partial charge < -0.3 is 19.1 Å². The van der Waals surface area contributed by atoms with Gasteiger partial charge in [0.2, 0.25) is 0 Å². The third-order valence-electron chi connectivity index (χ3n) is 7.03. The van der Waals surface area contributed by atoms with E-state index < -0.39 is 9.76 Å². The van der Waals surface area contributed by atoms with Crippen LogP contribution in [0.4, 0.5) is 0 Å². The Balaban J connectivity index is 5.93. The Morgan fingerprint density at radius 3 is 1.15 bits per heavy atom. The van der Waals surface area contributed by atoms with Crippen LogP contribution < -0.4 is 0 Å². The highest BCUT2D eigenvalue weighted by atomic mass is 28.2. The lowest BCUT2D eigenvalue weighted by molar-refractivity contribution is 0.0480. The molecule has 0 saturated carbocycles. The van der Waals surface area contributed by atoms with E-state index in [0.717, 1.165) is 12.8 Å². The molecular weight excluding hydrogens is 434 g/mol. The lowest BCUT2D eigenvalue weighted by Gasteiger charge is -2.45. The van der Waals surface area contributed by atoms with Crippen molar-refractivity contribution in [3.8, 4) is 0 Å². The Hall–Kier alpha value is 0.0569. The first-order valence-electron chi connectivity index (χ1n) is 15.3. The maximum atomic E-state index is 6.43. The summed E-state index contributed by atoms with van der Waals surface area (Å²) < 4.78 is 6.43. The van der Waals surface area contributed by atoms with Gasteiger partial charge in [-0.1, -0.05) is 55.4 Å². The molecule has 0 heterocycles. The molecule has 4 nitrogen and oxygen atoms in total. The van der Waals surface area contributed by atoms with Gasteiger partial charge in [0, 0.05) is 31.2 Å². The molecule has 0 rings (SSSR count). The zero-order valence-electron chi connectivity index (χ0n) is 25.0. The first kappa shape index (κ1) is 34.1. The van der Waals surface area contributed by atoms with Gasteiger partial charge in [0.05, 0.1) is 0 Å². The molecule has 0 aliphatic heterocycles. The highest BCUT2D eigenvalue weighted by Gasteiger charge is 2.35. The molecule has 0 amide bonds. The summed E-state index contributed by atoms with van der Waals surface area (Å²) in [4.78, 5) is 8.40. The van der Waals surface area contributed by atoms with Gasteiger partial charge in [-0.15, -0.1) is 0 Å². The first-order chi connectivity index (χ1) is 16.5. The van der Waals surface area contributed by atoms with Crippen LogP contribution in [0.5, 0.6) is 0 Å². The van der Waals surface area contributed by atoms with E-state index in [0.29, 0.717) is 11.5 Å². The first-order valence-corrected chi connectivity index (χ1v) is 16.8. The Bertz CT molecular complexity index is 370. The number of hydrogen-bond acceptors (Lipinski definition) is 4. The molecule has 0 aromatic carbocycles. The fraction of sp³-hybridized carbons (Fsp3) is 1.00. The van der Waals surface area contributed by atoms with Crippen LogP contribution in [0.3, 0.4) is 0 Å². The van der Waals surface area contributed by atoms with E-state index in [4.69, 9.17) is 4.43 Å². The topological polar surface area (TPSA) is 19.0 Å².